The van der Waals surface area contributed by atoms with E-state index in [4.69, 9.17) is 14.8 Å². The molecule has 2 rings (SSSR count). The predicted molar refractivity (Wildman–Crippen MR) is 76.1 cm³/mol. The van der Waals surface area contributed by atoms with Crippen LogP contribution in [-0.2, 0) is 11.3 Å². The molecule has 1 aromatic carbocycles. The van der Waals surface area contributed by atoms with Crippen molar-refractivity contribution in [3.63, 3.8) is 0 Å². The van der Waals surface area contributed by atoms with E-state index in [-0.39, 0.29) is 5.46 Å². The number of hydrogen-bond donors (Lipinski definition) is 2. The lowest BCUT2D eigenvalue weighted by molar-refractivity contribution is 0.0548. The van der Waals surface area contributed by atoms with Crippen molar-refractivity contribution in [3.8, 4) is 0 Å². The van der Waals surface area contributed by atoms with Crippen molar-refractivity contribution in [1.82, 2.24) is 4.90 Å². The first-order chi connectivity index (χ1) is 9.56. The Labute approximate surface area is 119 Å². The fourth-order valence-corrected chi connectivity index (χ4v) is 2.58. The lowest BCUT2D eigenvalue weighted by Crippen LogP contribution is -2.31. The van der Waals surface area contributed by atoms with Crippen molar-refractivity contribution in [2.75, 3.05) is 26.8 Å². The highest BCUT2D eigenvalue weighted by atomic mass is 19.1. The second kappa shape index (κ2) is 7.17. The molecule has 1 aromatic rings. The lowest BCUT2D eigenvalue weighted by atomic mass is 9.80. The smallest absolute Gasteiger partial charge is 0.423 e. The Kier molecular flexibility index (Phi) is 5.54. The van der Waals surface area contributed by atoms with Crippen LogP contribution in [0, 0.1) is 11.7 Å². The SMILES string of the molecule is CN(Cc1ccc(B(O)O)cc1F)CC1CCOCC1. The second-order valence-electron chi connectivity index (χ2n) is 5.48. The van der Waals surface area contributed by atoms with Crippen LogP contribution >= 0.6 is 0 Å². The molecule has 2 N–H and O–H groups in total. The topological polar surface area (TPSA) is 52.9 Å². The highest BCUT2D eigenvalue weighted by Crippen LogP contribution is 2.17. The molecule has 0 amide bonds. The van der Waals surface area contributed by atoms with E-state index in [1.807, 2.05) is 7.05 Å². The van der Waals surface area contributed by atoms with Gasteiger partial charge < -0.3 is 19.7 Å². The first kappa shape index (κ1) is 15.4. The zero-order chi connectivity index (χ0) is 14.5. The maximum atomic E-state index is 13.9. The maximum Gasteiger partial charge on any atom is 0.488 e. The van der Waals surface area contributed by atoms with Gasteiger partial charge in [0, 0.05) is 31.9 Å². The Morgan fingerprint density at radius 2 is 2.05 bits per heavy atom. The minimum atomic E-state index is -1.63. The highest BCUT2D eigenvalue weighted by Gasteiger charge is 2.17. The van der Waals surface area contributed by atoms with Crippen LogP contribution in [-0.4, -0.2) is 48.9 Å². The molecule has 0 bridgehead atoms. The molecule has 0 unspecified atom stereocenters. The molecule has 0 saturated carbocycles. The molecule has 4 nitrogen and oxygen atoms in total. The normalized spacial score (nSPS) is 16.6. The summed E-state index contributed by atoms with van der Waals surface area (Å²) >= 11 is 0. The Morgan fingerprint density at radius 3 is 2.65 bits per heavy atom. The zero-order valence-corrected chi connectivity index (χ0v) is 11.8. The van der Waals surface area contributed by atoms with E-state index < -0.39 is 12.9 Å². The van der Waals surface area contributed by atoms with E-state index >= 15 is 0 Å². The van der Waals surface area contributed by atoms with Gasteiger partial charge in [-0.1, -0.05) is 12.1 Å². The van der Waals surface area contributed by atoms with Crippen molar-refractivity contribution in [2.45, 2.75) is 19.4 Å². The standard InChI is InChI=1S/C14H21BFNO3/c1-17(9-11-4-6-20-7-5-11)10-12-2-3-13(15(18)19)8-14(12)16/h2-3,8,11,18-19H,4-7,9-10H2,1H3. The summed E-state index contributed by atoms with van der Waals surface area (Å²) < 4.78 is 19.2. The summed E-state index contributed by atoms with van der Waals surface area (Å²) in [4.78, 5) is 2.10. The number of nitrogens with zero attached hydrogens (tertiary/aromatic N) is 1. The molecule has 6 heteroatoms. The van der Waals surface area contributed by atoms with Crippen LogP contribution in [0.2, 0.25) is 0 Å². The Morgan fingerprint density at radius 1 is 1.35 bits per heavy atom. The van der Waals surface area contributed by atoms with Gasteiger partial charge >= 0.3 is 7.12 Å². The van der Waals surface area contributed by atoms with E-state index in [0.29, 0.717) is 18.0 Å². The van der Waals surface area contributed by atoms with E-state index in [9.17, 15) is 4.39 Å². The molecular weight excluding hydrogens is 260 g/mol. The number of rotatable bonds is 5. The van der Waals surface area contributed by atoms with Crippen molar-refractivity contribution >= 4 is 12.6 Å². The fourth-order valence-electron chi connectivity index (χ4n) is 2.58. The Hall–Kier alpha value is -0.945. The molecule has 0 atom stereocenters. The minimum Gasteiger partial charge on any atom is -0.423 e. The van der Waals surface area contributed by atoms with E-state index in [1.165, 1.54) is 6.07 Å². The molecule has 1 saturated heterocycles. The zero-order valence-electron chi connectivity index (χ0n) is 11.8. The summed E-state index contributed by atoms with van der Waals surface area (Å²) in [7, 11) is 0.350. The minimum absolute atomic E-state index is 0.179. The third kappa shape index (κ3) is 4.28. The predicted octanol–water partition coefficient (Wildman–Crippen LogP) is 0.364. The number of benzene rings is 1. The largest absolute Gasteiger partial charge is 0.488 e. The van der Waals surface area contributed by atoms with Crippen LogP contribution in [0.4, 0.5) is 4.39 Å². The average molecular weight is 281 g/mol. The average Bonchev–Trinajstić information content (AvgIpc) is 2.42. The first-order valence-electron chi connectivity index (χ1n) is 6.97. The molecule has 0 spiro atoms. The van der Waals surface area contributed by atoms with E-state index in [0.717, 1.165) is 32.6 Å². The molecule has 1 aliphatic rings. The van der Waals surface area contributed by atoms with Gasteiger partial charge in [0.1, 0.15) is 5.82 Å². The molecule has 0 aromatic heterocycles. The van der Waals surface area contributed by atoms with Gasteiger partial charge in [-0.15, -0.1) is 0 Å². The summed E-state index contributed by atoms with van der Waals surface area (Å²) in [6, 6.07) is 4.35. The van der Waals surface area contributed by atoms with Crippen LogP contribution in [0.1, 0.15) is 18.4 Å². The number of hydrogen-bond acceptors (Lipinski definition) is 4. The maximum absolute atomic E-state index is 13.9. The van der Waals surface area contributed by atoms with Gasteiger partial charge in [0.2, 0.25) is 0 Å². The van der Waals surface area contributed by atoms with Gasteiger partial charge in [0.15, 0.2) is 0 Å². The summed E-state index contributed by atoms with van der Waals surface area (Å²) in [6.07, 6.45) is 2.12. The van der Waals surface area contributed by atoms with Crippen LogP contribution in [0.3, 0.4) is 0 Å². The van der Waals surface area contributed by atoms with Crippen molar-refractivity contribution in [1.29, 1.82) is 0 Å². The third-order valence-corrected chi connectivity index (χ3v) is 3.73. The van der Waals surface area contributed by atoms with Gasteiger partial charge in [-0.05, 0) is 37.3 Å². The van der Waals surface area contributed by atoms with Crippen molar-refractivity contribution in [2.24, 2.45) is 5.92 Å². The first-order valence-corrected chi connectivity index (χ1v) is 6.97. The molecule has 1 heterocycles. The summed E-state index contributed by atoms with van der Waals surface area (Å²) in [6.45, 7) is 3.07. The molecule has 0 aliphatic carbocycles. The van der Waals surface area contributed by atoms with Gasteiger partial charge in [0.25, 0.3) is 0 Å². The third-order valence-electron chi connectivity index (χ3n) is 3.73. The van der Waals surface area contributed by atoms with Crippen molar-refractivity contribution < 1.29 is 19.2 Å². The van der Waals surface area contributed by atoms with Crippen LogP contribution in [0.25, 0.3) is 0 Å². The van der Waals surface area contributed by atoms with Gasteiger partial charge in [-0.3, -0.25) is 0 Å². The second-order valence-corrected chi connectivity index (χ2v) is 5.48. The molecule has 110 valence electrons. The summed E-state index contributed by atoms with van der Waals surface area (Å²) in [5, 5.41) is 18.0. The number of halogens is 1. The van der Waals surface area contributed by atoms with Crippen molar-refractivity contribution in [3.05, 3.63) is 29.6 Å². The molecule has 1 aliphatic heterocycles. The monoisotopic (exact) mass is 281 g/mol. The van der Waals surface area contributed by atoms with Gasteiger partial charge in [-0.25, -0.2) is 4.39 Å². The van der Waals surface area contributed by atoms with E-state index in [2.05, 4.69) is 4.90 Å². The lowest BCUT2D eigenvalue weighted by Gasteiger charge is -2.27. The van der Waals surface area contributed by atoms with E-state index in [1.54, 1.807) is 12.1 Å². The summed E-state index contributed by atoms with van der Waals surface area (Å²) in [5.74, 6) is 0.213. The number of ether oxygens (including phenoxy) is 1. The fraction of sp³-hybridized carbons (Fsp3) is 0.571. The van der Waals surface area contributed by atoms with Crippen LogP contribution < -0.4 is 5.46 Å². The highest BCUT2D eigenvalue weighted by molar-refractivity contribution is 6.58. The molecule has 0 radical (unpaired) electrons. The van der Waals surface area contributed by atoms with Crippen LogP contribution in [0.15, 0.2) is 18.2 Å². The molecule has 1 fully saturated rings. The summed E-state index contributed by atoms with van der Waals surface area (Å²) in [5.41, 5.74) is 0.752. The quantitative estimate of drug-likeness (QED) is 0.765. The van der Waals surface area contributed by atoms with Crippen LogP contribution in [0.5, 0.6) is 0 Å². The Bertz CT molecular complexity index is 438. The van der Waals surface area contributed by atoms with Gasteiger partial charge in [-0.2, -0.15) is 0 Å². The molecule has 20 heavy (non-hydrogen) atoms. The molecular formula is C14H21BFNO3. The van der Waals surface area contributed by atoms with Gasteiger partial charge in [0.05, 0.1) is 0 Å². The Balaban J connectivity index is 1.91.